The van der Waals surface area contributed by atoms with Crippen LogP contribution in [0.15, 0.2) is 62.9 Å². The lowest BCUT2D eigenvalue weighted by Gasteiger charge is -2.09. The standard InChI is InChI=1S/C19H14FN3O5S/c1-29(26,27)11-6-7-13(20)14(8-11)22-16(24)9-23-10-21-17-12-4-2-3-5-15(12)28-18(17)19(23)25/h2-8,10H,9H2,1H3,(H,22,24). The van der Waals surface area contributed by atoms with Gasteiger partial charge in [-0.1, -0.05) is 12.1 Å². The van der Waals surface area contributed by atoms with Crippen molar-refractivity contribution in [2.45, 2.75) is 11.4 Å². The summed E-state index contributed by atoms with van der Waals surface area (Å²) in [6, 6.07) is 10.1. The number of hydrogen-bond acceptors (Lipinski definition) is 6. The molecule has 0 fully saturated rings. The summed E-state index contributed by atoms with van der Waals surface area (Å²) in [4.78, 5) is 29.0. The van der Waals surface area contributed by atoms with E-state index in [2.05, 4.69) is 10.3 Å². The second-order valence-corrected chi connectivity index (χ2v) is 8.43. The van der Waals surface area contributed by atoms with Gasteiger partial charge in [0, 0.05) is 11.6 Å². The highest BCUT2D eigenvalue weighted by Gasteiger charge is 2.16. The Bertz CT molecular complexity index is 1440. The van der Waals surface area contributed by atoms with Gasteiger partial charge in [-0.15, -0.1) is 0 Å². The van der Waals surface area contributed by atoms with Crippen LogP contribution in [0.1, 0.15) is 0 Å². The van der Waals surface area contributed by atoms with Gasteiger partial charge < -0.3 is 9.73 Å². The summed E-state index contributed by atoms with van der Waals surface area (Å²) in [5, 5.41) is 2.95. The molecule has 2 aromatic heterocycles. The van der Waals surface area contributed by atoms with Crippen LogP contribution in [0.5, 0.6) is 0 Å². The predicted molar refractivity (Wildman–Crippen MR) is 104 cm³/mol. The largest absolute Gasteiger partial charge is 0.448 e. The fourth-order valence-corrected chi connectivity index (χ4v) is 3.55. The van der Waals surface area contributed by atoms with E-state index in [0.29, 0.717) is 16.5 Å². The van der Waals surface area contributed by atoms with Crippen LogP contribution < -0.4 is 10.9 Å². The van der Waals surface area contributed by atoms with E-state index in [1.165, 1.54) is 6.33 Å². The van der Waals surface area contributed by atoms with Crippen molar-refractivity contribution in [3.63, 3.8) is 0 Å². The number of furan rings is 1. The highest BCUT2D eigenvalue weighted by Crippen LogP contribution is 2.24. The number of nitrogens with one attached hydrogen (secondary N) is 1. The first-order valence-electron chi connectivity index (χ1n) is 8.40. The number of para-hydroxylation sites is 1. The van der Waals surface area contributed by atoms with Crippen molar-refractivity contribution in [2.75, 3.05) is 11.6 Å². The Kier molecular flexibility index (Phi) is 4.42. The number of fused-ring (bicyclic) bond motifs is 3. The molecule has 4 aromatic rings. The van der Waals surface area contributed by atoms with Crippen LogP contribution in [0, 0.1) is 5.82 Å². The molecule has 0 saturated carbocycles. The van der Waals surface area contributed by atoms with E-state index in [4.69, 9.17) is 4.42 Å². The number of amides is 1. The fraction of sp³-hybridized carbons (Fsp3) is 0.105. The summed E-state index contributed by atoms with van der Waals surface area (Å²) in [5.74, 6) is -1.53. The van der Waals surface area contributed by atoms with Gasteiger partial charge in [-0.3, -0.25) is 14.2 Å². The van der Waals surface area contributed by atoms with Gasteiger partial charge in [0.05, 0.1) is 16.9 Å². The summed E-state index contributed by atoms with van der Waals surface area (Å²) in [7, 11) is -3.58. The van der Waals surface area contributed by atoms with Gasteiger partial charge >= 0.3 is 0 Å². The lowest BCUT2D eigenvalue weighted by Crippen LogP contribution is -2.28. The van der Waals surface area contributed by atoms with Crippen molar-refractivity contribution in [2.24, 2.45) is 0 Å². The molecule has 1 amide bonds. The molecule has 0 saturated heterocycles. The Morgan fingerprint density at radius 2 is 2.00 bits per heavy atom. The van der Waals surface area contributed by atoms with Crippen LogP contribution in [-0.2, 0) is 21.2 Å². The quantitative estimate of drug-likeness (QED) is 0.512. The maximum atomic E-state index is 14.0. The highest BCUT2D eigenvalue weighted by atomic mass is 32.2. The SMILES string of the molecule is CS(=O)(=O)c1ccc(F)c(NC(=O)Cn2cnc3c(oc4ccccc43)c2=O)c1. The van der Waals surface area contributed by atoms with Gasteiger partial charge in [0.15, 0.2) is 9.84 Å². The number of aromatic nitrogens is 2. The van der Waals surface area contributed by atoms with Crippen molar-refractivity contribution < 1.29 is 22.0 Å². The number of benzene rings is 2. The normalized spacial score (nSPS) is 11.8. The maximum Gasteiger partial charge on any atom is 0.297 e. The Balaban J connectivity index is 1.64. The third-order valence-electron chi connectivity index (χ3n) is 4.30. The minimum Gasteiger partial charge on any atom is -0.448 e. The molecule has 1 N–H and O–H groups in total. The average Bonchev–Trinajstić information content (AvgIpc) is 3.04. The molecular weight excluding hydrogens is 401 g/mol. The van der Waals surface area contributed by atoms with Crippen molar-refractivity contribution in [1.82, 2.24) is 9.55 Å². The molecule has 0 bridgehead atoms. The Morgan fingerprint density at radius 3 is 2.76 bits per heavy atom. The van der Waals surface area contributed by atoms with Crippen LogP contribution in [0.4, 0.5) is 10.1 Å². The zero-order valence-electron chi connectivity index (χ0n) is 15.0. The van der Waals surface area contributed by atoms with Gasteiger partial charge in [0.1, 0.15) is 23.5 Å². The predicted octanol–water partition coefficient (Wildman–Crippen LogP) is 2.32. The van der Waals surface area contributed by atoms with E-state index < -0.39 is 33.7 Å². The first kappa shape index (κ1) is 18.8. The van der Waals surface area contributed by atoms with E-state index in [0.717, 1.165) is 29.0 Å². The first-order valence-corrected chi connectivity index (χ1v) is 10.3. The van der Waals surface area contributed by atoms with E-state index in [-0.39, 0.29) is 16.2 Å². The second-order valence-electron chi connectivity index (χ2n) is 6.42. The number of nitrogens with zero attached hydrogens (tertiary/aromatic N) is 2. The molecule has 148 valence electrons. The molecule has 0 spiro atoms. The molecule has 29 heavy (non-hydrogen) atoms. The number of anilines is 1. The lowest BCUT2D eigenvalue weighted by atomic mass is 10.2. The summed E-state index contributed by atoms with van der Waals surface area (Å²) in [5.41, 5.74) is 0.0188. The molecule has 0 radical (unpaired) electrons. The third kappa shape index (κ3) is 3.49. The molecule has 2 heterocycles. The molecule has 8 nitrogen and oxygen atoms in total. The van der Waals surface area contributed by atoms with E-state index in [1.54, 1.807) is 24.3 Å². The topological polar surface area (TPSA) is 111 Å². The minimum atomic E-state index is -3.58. The zero-order valence-corrected chi connectivity index (χ0v) is 15.9. The van der Waals surface area contributed by atoms with Crippen molar-refractivity contribution >= 4 is 43.5 Å². The van der Waals surface area contributed by atoms with Gasteiger partial charge in [0.2, 0.25) is 11.5 Å². The van der Waals surface area contributed by atoms with Crippen molar-refractivity contribution in [1.29, 1.82) is 0 Å². The van der Waals surface area contributed by atoms with E-state index >= 15 is 0 Å². The van der Waals surface area contributed by atoms with Crippen molar-refractivity contribution in [3.8, 4) is 0 Å². The molecule has 0 aliphatic rings. The number of rotatable bonds is 4. The highest BCUT2D eigenvalue weighted by molar-refractivity contribution is 7.90. The molecule has 0 aliphatic heterocycles. The molecular formula is C19H14FN3O5S. The third-order valence-corrected chi connectivity index (χ3v) is 5.41. The number of halogens is 1. The number of carbonyl (C=O) groups is 1. The van der Waals surface area contributed by atoms with E-state index in [9.17, 15) is 22.4 Å². The summed E-state index contributed by atoms with van der Waals surface area (Å²) < 4.78 is 43.8. The average molecular weight is 415 g/mol. The second kappa shape index (κ2) is 6.82. The zero-order chi connectivity index (χ0) is 20.8. The van der Waals surface area contributed by atoms with Gasteiger partial charge in [-0.2, -0.15) is 0 Å². The number of sulfone groups is 1. The van der Waals surface area contributed by atoms with Crippen LogP contribution in [0.25, 0.3) is 22.1 Å². The Morgan fingerprint density at radius 1 is 1.24 bits per heavy atom. The number of carbonyl (C=O) groups excluding carboxylic acids is 1. The summed E-state index contributed by atoms with van der Waals surface area (Å²) >= 11 is 0. The van der Waals surface area contributed by atoms with Gasteiger partial charge in [-0.05, 0) is 30.3 Å². The molecule has 0 atom stereocenters. The molecule has 4 rings (SSSR count). The smallest absolute Gasteiger partial charge is 0.297 e. The Hall–Kier alpha value is -3.53. The van der Waals surface area contributed by atoms with Crippen LogP contribution in [0.3, 0.4) is 0 Å². The van der Waals surface area contributed by atoms with Crippen molar-refractivity contribution in [3.05, 3.63) is 65.0 Å². The minimum absolute atomic E-state index is 0.00625. The Labute approximate surface area is 163 Å². The van der Waals surface area contributed by atoms with Crippen LogP contribution >= 0.6 is 0 Å². The molecule has 10 heteroatoms. The summed E-state index contributed by atoms with van der Waals surface area (Å²) in [6.45, 7) is -0.457. The van der Waals surface area contributed by atoms with Gasteiger partial charge in [0.25, 0.3) is 5.56 Å². The number of hydrogen-bond donors (Lipinski definition) is 1. The fourth-order valence-electron chi connectivity index (χ4n) is 2.90. The first-order chi connectivity index (χ1) is 13.7. The monoisotopic (exact) mass is 415 g/mol. The van der Waals surface area contributed by atoms with Gasteiger partial charge in [-0.25, -0.2) is 17.8 Å². The molecule has 0 aliphatic carbocycles. The summed E-state index contributed by atoms with van der Waals surface area (Å²) in [6.07, 6.45) is 2.18. The van der Waals surface area contributed by atoms with Crippen LogP contribution in [-0.4, -0.2) is 30.1 Å². The maximum absolute atomic E-state index is 14.0. The molecule has 0 unspecified atom stereocenters. The lowest BCUT2D eigenvalue weighted by molar-refractivity contribution is -0.116. The van der Waals surface area contributed by atoms with Crippen LogP contribution in [0.2, 0.25) is 0 Å². The molecule has 2 aromatic carbocycles. The van der Waals surface area contributed by atoms with E-state index in [1.807, 2.05) is 0 Å².